The number of rotatable bonds is 7. The Bertz CT molecular complexity index is 564. The lowest BCUT2D eigenvalue weighted by atomic mass is 10.0. The van der Waals surface area contributed by atoms with E-state index in [-0.39, 0.29) is 5.54 Å². The molecule has 142 valence electrons. The molecule has 0 amide bonds. The third kappa shape index (κ3) is 5.94. The minimum Gasteiger partial charge on any atom is -0.379 e. The number of hydrogen-bond donors (Lipinski definition) is 2. The van der Waals surface area contributed by atoms with Gasteiger partial charge in [0.1, 0.15) is 0 Å². The Morgan fingerprint density at radius 3 is 2.64 bits per heavy atom. The summed E-state index contributed by atoms with van der Waals surface area (Å²) in [5.74, 6) is 0.852. The predicted octanol–water partition coefficient (Wildman–Crippen LogP) is 1.83. The van der Waals surface area contributed by atoms with Crippen molar-refractivity contribution in [3.05, 3.63) is 15.6 Å². The van der Waals surface area contributed by atoms with Gasteiger partial charge in [-0.15, -0.1) is 11.3 Å². The van der Waals surface area contributed by atoms with Crippen molar-refractivity contribution in [1.29, 1.82) is 0 Å². The minimum absolute atomic E-state index is 0.0733. The number of guanidine groups is 1. The summed E-state index contributed by atoms with van der Waals surface area (Å²) < 4.78 is 5.45. The Morgan fingerprint density at radius 2 is 2.04 bits per heavy atom. The maximum Gasteiger partial charge on any atom is 0.191 e. The standard InChI is InChI=1S/C18H33N5OS/c1-6-15-14(2)25-16(22-15)7-8-20-17(19-5)21-13-18(3,4)23-9-11-24-12-10-23/h6-13H2,1-5H3,(H2,19,20,21). The molecule has 1 aromatic rings. The predicted molar refractivity (Wildman–Crippen MR) is 106 cm³/mol. The lowest BCUT2D eigenvalue weighted by Crippen LogP contribution is -2.56. The highest BCUT2D eigenvalue weighted by Gasteiger charge is 2.28. The van der Waals surface area contributed by atoms with Crippen molar-refractivity contribution in [2.75, 3.05) is 46.4 Å². The molecule has 1 fully saturated rings. The van der Waals surface area contributed by atoms with E-state index in [1.807, 2.05) is 7.05 Å². The van der Waals surface area contributed by atoms with E-state index in [9.17, 15) is 0 Å². The zero-order valence-corrected chi connectivity index (χ0v) is 17.1. The van der Waals surface area contributed by atoms with Gasteiger partial charge in [0.25, 0.3) is 0 Å². The van der Waals surface area contributed by atoms with Crippen LogP contribution in [0.3, 0.4) is 0 Å². The Labute approximate surface area is 156 Å². The van der Waals surface area contributed by atoms with Crippen LogP contribution in [0.15, 0.2) is 4.99 Å². The maximum absolute atomic E-state index is 5.45. The average Bonchev–Trinajstić information content (AvgIpc) is 2.98. The van der Waals surface area contributed by atoms with Gasteiger partial charge in [-0.25, -0.2) is 4.98 Å². The third-order valence-corrected chi connectivity index (χ3v) is 5.76. The lowest BCUT2D eigenvalue weighted by molar-refractivity contribution is -0.00833. The van der Waals surface area contributed by atoms with Crippen LogP contribution in [0, 0.1) is 6.92 Å². The van der Waals surface area contributed by atoms with Gasteiger partial charge in [0, 0.05) is 50.1 Å². The molecule has 2 rings (SSSR count). The van der Waals surface area contributed by atoms with Gasteiger partial charge in [-0.2, -0.15) is 0 Å². The monoisotopic (exact) mass is 367 g/mol. The van der Waals surface area contributed by atoms with Crippen LogP contribution in [0.1, 0.15) is 36.3 Å². The van der Waals surface area contributed by atoms with Crippen molar-refractivity contribution in [3.63, 3.8) is 0 Å². The molecule has 25 heavy (non-hydrogen) atoms. The zero-order valence-electron chi connectivity index (χ0n) is 16.3. The second-order valence-corrected chi connectivity index (χ2v) is 8.27. The van der Waals surface area contributed by atoms with Crippen LogP contribution in [-0.4, -0.2) is 67.8 Å². The van der Waals surface area contributed by atoms with Crippen LogP contribution < -0.4 is 10.6 Å². The van der Waals surface area contributed by atoms with Gasteiger partial charge in [0.05, 0.1) is 23.9 Å². The normalized spacial score (nSPS) is 16.9. The van der Waals surface area contributed by atoms with Crippen molar-refractivity contribution < 1.29 is 4.74 Å². The number of nitrogens with zero attached hydrogens (tertiary/aromatic N) is 3. The fraction of sp³-hybridized carbons (Fsp3) is 0.778. The number of nitrogens with one attached hydrogen (secondary N) is 2. The number of aryl methyl sites for hydroxylation is 2. The van der Waals surface area contributed by atoms with E-state index in [2.05, 4.69) is 48.2 Å². The summed E-state index contributed by atoms with van der Waals surface area (Å²) in [6, 6.07) is 0. The second-order valence-electron chi connectivity index (χ2n) is 6.98. The molecule has 0 spiro atoms. The Kier molecular flexibility index (Phi) is 7.65. The van der Waals surface area contributed by atoms with E-state index < -0.39 is 0 Å². The molecule has 0 atom stereocenters. The van der Waals surface area contributed by atoms with Gasteiger partial charge >= 0.3 is 0 Å². The molecule has 0 aromatic carbocycles. The quantitative estimate of drug-likeness (QED) is 0.569. The van der Waals surface area contributed by atoms with E-state index in [0.717, 1.165) is 58.2 Å². The summed E-state index contributed by atoms with van der Waals surface area (Å²) in [4.78, 5) is 12.9. The van der Waals surface area contributed by atoms with E-state index in [1.165, 1.54) is 15.6 Å². The molecule has 6 nitrogen and oxygen atoms in total. The molecule has 0 unspecified atom stereocenters. The molecular weight excluding hydrogens is 334 g/mol. The molecule has 1 aromatic heterocycles. The third-order valence-electron chi connectivity index (χ3n) is 4.68. The summed E-state index contributed by atoms with van der Waals surface area (Å²) in [5.41, 5.74) is 1.30. The first-order chi connectivity index (χ1) is 12.0. The topological polar surface area (TPSA) is 61.8 Å². The van der Waals surface area contributed by atoms with E-state index in [0.29, 0.717) is 0 Å². The SMILES string of the molecule is CCc1nc(CCNC(=NC)NCC(C)(C)N2CCOCC2)sc1C. The van der Waals surface area contributed by atoms with Crippen molar-refractivity contribution >= 4 is 17.3 Å². The molecule has 2 heterocycles. The first-order valence-corrected chi connectivity index (χ1v) is 10.0. The summed E-state index contributed by atoms with van der Waals surface area (Å²) in [7, 11) is 1.82. The molecule has 0 aliphatic carbocycles. The first-order valence-electron chi connectivity index (χ1n) is 9.18. The van der Waals surface area contributed by atoms with Gasteiger partial charge in [-0.3, -0.25) is 9.89 Å². The molecule has 1 saturated heterocycles. The number of thiazole rings is 1. The van der Waals surface area contributed by atoms with Crippen LogP contribution in [-0.2, 0) is 17.6 Å². The molecule has 0 saturated carbocycles. The summed E-state index contributed by atoms with van der Waals surface area (Å²) in [6.45, 7) is 14.2. The van der Waals surface area contributed by atoms with Crippen LogP contribution in [0.25, 0.3) is 0 Å². The smallest absolute Gasteiger partial charge is 0.191 e. The number of hydrogen-bond acceptors (Lipinski definition) is 5. The van der Waals surface area contributed by atoms with E-state index >= 15 is 0 Å². The van der Waals surface area contributed by atoms with Crippen LogP contribution in [0.2, 0.25) is 0 Å². The van der Waals surface area contributed by atoms with Crippen molar-refractivity contribution in [2.24, 2.45) is 4.99 Å². The van der Waals surface area contributed by atoms with Crippen LogP contribution >= 0.6 is 11.3 Å². The minimum atomic E-state index is 0.0733. The Balaban J connectivity index is 1.76. The van der Waals surface area contributed by atoms with Gasteiger partial charge < -0.3 is 15.4 Å². The highest BCUT2D eigenvalue weighted by atomic mass is 32.1. The van der Waals surface area contributed by atoms with Crippen LogP contribution in [0.5, 0.6) is 0 Å². The largest absolute Gasteiger partial charge is 0.379 e. The fourth-order valence-corrected chi connectivity index (χ4v) is 4.03. The number of morpholine rings is 1. The van der Waals surface area contributed by atoms with Crippen molar-refractivity contribution in [2.45, 2.75) is 46.1 Å². The molecule has 1 aliphatic rings. The Morgan fingerprint density at radius 1 is 1.32 bits per heavy atom. The lowest BCUT2D eigenvalue weighted by Gasteiger charge is -2.41. The molecule has 0 radical (unpaired) electrons. The summed E-state index contributed by atoms with van der Waals surface area (Å²) >= 11 is 1.80. The first kappa shape index (κ1) is 20.1. The second kappa shape index (κ2) is 9.50. The number of ether oxygens (including phenoxy) is 1. The van der Waals surface area contributed by atoms with Gasteiger partial charge in [0.2, 0.25) is 0 Å². The fourth-order valence-electron chi connectivity index (χ4n) is 3.01. The van der Waals surface area contributed by atoms with Gasteiger partial charge in [-0.1, -0.05) is 6.92 Å². The molecule has 0 bridgehead atoms. The van der Waals surface area contributed by atoms with Crippen molar-refractivity contribution in [3.8, 4) is 0 Å². The average molecular weight is 368 g/mol. The van der Waals surface area contributed by atoms with Crippen molar-refractivity contribution in [1.82, 2.24) is 20.5 Å². The highest BCUT2D eigenvalue weighted by molar-refractivity contribution is 7.11. The number of aliphatic imine (C=N–C) groups is 1. The maximum atomic E-state index is 5.45. The highest BCUT2D eigenvalue weighted by Crippen LogP contribution is 2.18. The molecule has 7 heteroatoms. The molecule has 2 N–H and O–H groups in total. The summed E-state index contributed by atoms with van der Waals surface area (Å²) in [6.07, 6.45) is 1.94. The van der Waals surface area contributed by atoms with Gasteiger partial charge in [0.15, 0.2) is 5.96 Å². The Hall–Kier alpha value is -1.18. The zero-order chi connectivity index (χ0) is 18.3. The van der Waals surface area contributed by atoms with E-state index in [1.54, 1.807) is 11.3 Å². The molecular formula is C18H33N5OS. The van der Waals surface area contributed by atoms with Gasteiger partial charge in [-0.05, 0) is 27.2 Å². The molecule has 1 aliphatic heterocycles. The van der Waals surface area contributed by atoms with Crippen LogP contribution in [0.4, 0.5) is 0 Å². The summed E-state index contributed by atoms with van der Waals surface area (Å²) in [5, 5.41) is 8.06. The number of aromatic nitrogens is 1. The van der Waals surface area contributed by atoms with E-state index in [4.69, 9.17) is 9.72 Å².